The summed E-state index contributed by atoms with van der Waals surface area (Å²) in [4.78, 5) is 12.7. The van der Waals surface area contributed by atoms with Crippen molar-refractivity contribution in [1.82, 2.24) is 0 Å². The van der Waals surface area contributed by atoms with Crippen LogP contribution in [-0.2, 0) is 0 Å². The molecule has 0 saturated carbocycles. The van der Waals surface area contributed by atoms with E-state index in [1.54, 1.807) is 45.6 Å². The number of carbonyl (C=O) groups is 1. The van der Waals surface area contributed by atoms with Crippen molar-refractivity contribution in [2.24, 2.45) is 0 Å². The fraction of sp³-hybridized carbons (Fsp3) is 0.235. The first-order valence-electron chi connectivity index (χ1n) is 6.51. The highest BCUT2D eigenvalue weighted by Crippen LogP contribution is 2.27. The van der Waals surface area contributed by atoms with Gasteiger partial charge in [-0.3, -0.25) is 4.79 Å². The van der Waals surface area contributed by atoms with Crippen molar-refractivity contribution in [2.45, 2.75) is 6.92 Å². The first-order valence-corrected chi connectivity index (χ1v) is 6.51. The molecule has 0 bridgehead atoms. The van der Waals surface area contributed by atoms with E-state index in [1.807, 2.05) is 19.1 Å². The minimum Gasteiger partial charge on any atom is -0.497 e. The summed E-state index contributed by atoms with van der Waals surface area (Å²) in [6.45, 7) is 1.95. The van der Waals surface area contributed by atoms with Gasteiger partial charge in [-0.2, -0.15) is 0 Å². The van der Waals surface area contributed by atoms with Gasteiger partial charge in [0.05, 0.1) is 26.9 Å². The van der Waals surface area contributed by atoms with E-state index < -0.39 is 0 Å². The lowest BCUT2D eigenvalue weighted by molar-refractivity contribution is 0.103. The van der Waals surface area contributed by atoms with Crippen molar-refractivity contribution in [1.29, 1.82) is 0 Å². The second kappa shape index (κ2) is 6.31. The van der Waals surface area contributed by atoms with Crippen LogP contribution < -0.4 is 14.2 Å². The van der Waals surface area contributed by atoms with E-state index in [0.29, 0.717) is 28.4 Å². The Kier molecular flexibility index (Phi) is 4.48. The first kappa shape index (κ1) is 14.9. The van der Waals surface area contributed by atoms with Gasteiger partial charge < -0.3 is 14.2 Å². The van der Waals surface area contributed by atoms with E-state index in [1.165, 1.54) is 0 Å². The lowest BCUT2D eigenvalue weighted by atomic mass is 10.0. The summed E-state index contributed by atoms with van der Waals surface area (Å²) >= 11 is 0. The Morgan fingerprint density at radius 3 is 2.00 bits per heavy atom. The lowest BCUT2D eigenvalue weighted by Crippen LogP contribution is -2.05. The molecule has 110 valence electrons. The predicted molar refractivity (Wildman–Crippen MR) is 80.7 cm³/mol. The number of methoxy groups -OCH3 is 3. The van der Waals surface area contributed by atoms with Gasteiger partial charge in [0, 0.05) is 11.6 Å². The van der Waals surface area contributed by atoms with Gasteiger partial charge in [0.15, 0.2) is 5.78 Å². The molecule has 0 fully saturated rings. The normalized spacial score (nSPS) is 10.1. The van der Waals surface area contributed by atoms with Gasteiger partial charge in [-0.1, -0.05) is 6.07 Å². The topological polar surface area (TPSA) is 44.8 Å². The number of rotatable bonds is 5. The van der Waals surface area contributed by atoms with E-state index in [4.69, 9.17) is 14.2 Å². The van der Waals surface area contributed by atoms with Crippen LogP contribution in [0, 0.1) is 6.92 Å². The van der Waals surface area contributed by atoms with Gasteiger partial charge in [-0.25, -0.2) is 0 Å². The maximum atomic E-state index is 12.7. The molecule has 0 aliphatic carbocycles. The Bertz CT molecular complexity index is 640. The molecule has 0 saturated heterocycles. The zero-order valence-corrected chi connectivity index (χ0v) is 12.6. The second-order valence-electron chi connectivity index (χ2n) is 4.63. The Hall–Kier alpha value is -2.49. The molecule has 0 aliphatic heterocycles. The average molecular weight is 286 g/mol. The van der Waals surface area contributed by atoms with Crippen molar-refractivity contribution in [3.05, 3.63) is 53.1 Å². The van der Waals surface area contributed by atoms with Crippen LogP contribution in [0.5, 0.6) is 17.2 Å². The summed E-state index contributed by atoms with van der Waals surface area (Å²) in [6.07, 6.45) is 0. The van der Waals surface area contributed by atoms with E-state index in [9.17, 15) is 4.79 Å². The van der Waals surface area contributed by atoms with Gasteiger partial charge in [-0.15, -0.1) is 0 Å². The molecule has 0 aromatic heterocycles. The molecule has 2 rings (SSSR count). The van der Waals surface area contributed by atoms with Crippen molar-refractivity contribution in [3.8, 4) is 17.2 Å². The lowest BCUT2D eigenvalue weighted by Gasteiger charge is -2.11. The zero-order chi connectivity index (χ0) is 15.4. The number of hydrogen-bond donors (Lipinski definition) is 0. The quantitative estimate of drug-likeness (QED) is 0.791. The van der Waals surface area contributed by atoms with Crippen LogP contribution in [0.3, 0.4) is 0 Å². The van der Waals surface area contributed by atoms with Crippen molar-refractivity contribution < 1.29 is 19.0 Å². The SMILES string of the molecule is COc1cc(OC)cc(C(=O)c2ccc(C)cc2OC)c1. The van der Waals surface area contributed by atoms with Crippen LogP contribution >= 0.6 is 0 Å². The summed E-state index contributed by atoms with van der Waals surface area (Å²) in [5, 5.41) is 0. The Balaban J connectivity index is 2.49. The molecule has 0 aliphatic rings. The van der Waals surface area contributed by atoms with Gasteiger partial charge >= 0.3 is 0 Å². The Morgan fingerprint density at radius 2 is 1.48 bits per heavy atom. The molecule has 4 heteroatoms. The molecule has 4 nitrogen and oxygen atoms in total. The van der Waals surface area contributed by atoms with Crippen LogP contribution in [0.15, 0.2) is 36.4 Å². The molecule has 0 unspecified atom stereocenters. The third kappa shape index (κ3) is 3.16. The third-order valence-electron chi connectivity index (χ3n) is 3.22. The summed E-state index contributed by atoms with van der Waals surface area (Å²) in [5.41, 5.74) is 2.04. The third-order valence-corrected chi connectivity index (χ3v) is 3.22. The van der Waals surface area contributed by atoms with Gasteiger partial charge in [0.1, 0.15) is 17.2 Å². The molecule has 0 heterocycles. The largest absolute Gasteiger partial charge is 0.497 e. The number of carbonyl (C=O) groups excluding carboxylic acids is 1. The molecule has 0 atom stereocenters. The number of benzene rings is 2. The highest BCUT2D eigenvalue weighted by Gasteiger charge is 2.16. The second-order valence-corrected chi connectivity index (χ2v) is 4.63. The molecular formula is C17H18O4. The average Bonchev–Trinajstić information content (AvgIpc) is 2.53. The molecule has 0 spiro atoms. The highest BCUT2D eigenvalue weighted by molar-refractivity contribution is 6.11. The van der Waals surface area contributed by atoms with Crippen LogP contribution in [0.1, 0.15) is 21.5 Å². The molecule has 0 radical (unpaired) electrons. The van der Waals surface area contributed by atoms with Crippen molar-refractivity contribution in [2.75, 3.05) is 21.3 Å². The summed E-state index contributed by atoms with van der Waals surface area (Å²) in [6, 6.07) is 10.6. The maximum absolute atomic E-state index is 12.7. The number of ketones is 1. The van der Waals surface area contributed by atoms with E-state index in [-0.39, 0.29) is 5.78 Å². The van der Waals surface area contributed by atoms with E-state index in [0.717, 1.165) is 5.56 Å². The molecule has 2 aromatic rings. The zero-order valence-electron chi connectivity index (χ0n) is 12.6. The minimum atomic E-state index is -0.135. The van der Waals surface area contributed by atoms with Crippen molar-refractivity contribution >= 4 is 5.78 Å². The van der Waals surface area contributed by atoms with E-state index in [2.05, 4.69) is 0 Å². The summed E-state index contributed by atoms with van der Waals surface area (Å²) < 4.78 is 15.7. The minimum absolute atomic E-state index is 0.135. The van der Waals surface area contributed by atoms with Crippen LogP contribution in [0.25, 0.3) is 0 Å². The van der Waals surface area contributed by atoms with Gasteiger partial charge in [-0.05, 0) is 36.8 Å². The van der Waals surface area contributed by atoms with Crippen molar-refractivity contribution in [3.63, 3.8) is 0 Å². The molecule has 0 amide bonds. The molecular weight excluding hydrogens is 268 g/mol. The fourth-order valence-corrected chi connectivity index (χ4v) is 2.08. The first-order chi connectivity index (χ1) is 10.1. The fourth-order valence-electron chi connectivity index (χ4n) is 2.08. The Morgan fingerprint density at radius 1 is 0.857 bits per heavy atom. The standard InChI is InChI=1S/C17H18O4/c1-11-5-6-15(16(7-11)21-4)17(18)12-8-13(19-2)10-14(9-12)20-3/h5-10H,1-4H3. The monoisotopic (exact) mass is 286 g/mol. The van der Waals surface area contributed by atoms with Crippen LogP contribution in [0.2, 0.25) is 0 Å². The number of hydrogen-bond acceptors (Lipinski definition) is 4. The van der Waals surface area contributed by atoms with E-state index >= 15 is 0 Å². The highest BCUT2D eigenvalue weighted by atomic mass is 16.5. The van der Waals surface area contributed by atoms with Gasteiger partial charge in [0.25, 0.3) is 0 Å². The number of ether oxygens (including phenoxy) is 3. The van der Waals surface area contributed by atoms with Gasteiger partial charge in [0.2, 0.25) is 0 Å². The van der Waals surface area contributed by atoms with Crippen LogP contribution in [-0.4, -0.2) is 27.1 Å². The molecule has 0 N–H and O–H groups in total. The smallest absolute Gasteiger partial charge is 0.197 e. The number of aryl methyl sites for hydroxylation is 1. The summed E-state index contributed by atoms with van der Waals surface area (Å²) in [5.74, 6) is 1.57. The molecule has 21 heavy (non-hydrogen) atoms. The Labute approximate surface area is 124 Å². The van der Waals surface area contributed by atoms with Crippen LogP contribution in [0.4, 0.5) is 0 Å². The maximum Gasteiger partial charge on any atom is 0.197 e. The summed E-state index contributed by atoms with van der Waals surface area (Å²) in [7, 11) is 4.66. The predicted octanol–water partition coefficient (Wildman–Crippen LogP) is 3.25. The molecule has 2 aromatic carbocycles.